The number of nitrogens with zero attached hydrogens (tertiary/aromatic N) is 3. The number of carbonyl (C=O) groups is 1. The van der Waals surface area contributed by atoms with E-state index in [1.165, 1.54) is 9.25 Å². The second kappa shape index (κ2) is 7.55. The fourth-order valence-corrected chi connectivity index (χ4v) is 4.16. The quantitative estimate of drug-likeness (QED) is 0.723. The van der Waals surface area contributed by atoms with Gasteiger partial charge < -0.3 is 4.74 Å². The van der Waals surface area contributed by atoms with Gasteiger partial charge in [-0.2, -0.15) is 18.3 Å². The van der Waals surface area contributed by atoms with Gasteiger partial charge in [0.25, 0.3) is 0 Å². The Bertz CT molecular complexity index is 768. The molecule has 0 spiro atoms. The number of halogens is 3. The Balaban J connectivity index is 1.72. The van der Waals surface area contributed by atoms with Gasteiger partial charge in [-0.05, 0) is 65.2 Å². The highest BCUT2D eigenvalue weighted by Crippen LogP contribution is 2.39. The van der Waals surface area contributed by atoms with Crippen molar-refractivity contribution in [1.29, 1.82) is 0 Å². The molecule has 1 unspecified atom stereocenters. The highest BCUT2D eigenvalue weighted by molar-refractivity contribution is 5.74. The number of carbonyl (C=O) groups excluding carboxylic acids is 1. The van der Waals surface area contributed by atoms with E-state index in [9.17, 15) is 22.8 Å². The van der Waals surface area contributed by atoms with Gasteiger partial charge in [-0.15, -0.1) is 0 Å². The molecule has 28 heavy (non-hydrogen) atoms. The maximum Gasteiger partial charge on any atom is 0.391 e. The molecule has 0 amide bonds. The molecule has 2 aliphatic rings. The molecule has 1 aromatic heterocycles. The third kappa shape index (κ3) is 4.60. The van der Waals surface area contributed by atoms with Gasteiger partial charge in [-0.1, -0.05) is 0 Å². The number of alkyl halides is 3. The second-order valence-corrected chi connectivity index (χ2v) is 8.95. The van der Waals surface area contributed by atoms with Gasteiger partial charge in [-0.25, -0.2) is 14.3 Å². The van der Waals surface area contributed by atoms with Crippen molar-refractivity contribution in [2.45, 2.75) is 90.1 Å². The minimum Gasteiger partial charge on any atom is -0.458 e. The van der Waals surface area contributed by atoms with Crippen LogP contribution in [0, 0.1) is 11.8 Å². The zero-order valence-corrected chi connectivity index (χ0v) is 16.6. The Hall–Kier alpha value is -1.80. The Labute approximate surface area is 162 Å². The molecule has 1 saturated carbocycles. The molecule has 0 aromatic carbocycles. The Morgan fingerprint density at radius 1 is 1.14 bits per heavy atom. The lowest BCUT2D eigenvalue weighted by molar-refractivity contribution is -0.184. The second-order valence-electron chi connectivity index (χ2n) is 8.95. The number of aromatic nitrogens is 3. The molecule has 1 fully saturated rings. The number of hydrogen-bond donors (Lipinski definition) is 0. The number of rotatable bonds is 3. The van der Waals surface area contributed by atoms with Gasteiger partial charge in [0.15, 0.2) is 0 Å². The summed E-state index contributed by atoms with van der Waals surface area (Å²) in [5.41, 5.74) is -1.02. The summed E-state index contributed by atoms with van der Waals surface area (Å²) in [6.07, 6.45) is -1.25. The van der Waals surface area contributed by atoms with Gasteiger partial charge in [0, 0.05) is 13.0 Å². The predicted octanol–water partition coefficient (Wildman–Crippen LogP) is 3.63. The summed E-state index contributed by atoms with van der Waals surface area (Å²) < 4.78 is 46.7. The predicted molar refractivity (Wildman–Crippen MR) is 95.8 cm³/mol. The zero-order chi connectivity index (χ0) is 20.7. The molecule has 1 aromatic rings. The number of fused-ring (bicyclic) bond motifs is 1. The summed E-state index contributed by atoms with van der Waals surface area (Å²) in [4.78, 5) is 25.4. The largest absolute Gasteiger partial charge is 0.458 e. The third-order valence-electron chi connectivity index (χ3n) is 5.55. The van der Waals surface area contributed by atoms with E-state index < -0.39 is 29.7 Å². The van der Waals surface area contributed by atoms with Crippen molar-refractivity contribution in [2.24, 2.45) is 11.8 Å². The van der Waals surface area contributed by atoms with E-state index in [0.29, 0.717) is 38.1 Å². The van der Waals surface area contributed by atoms with E-state index in [0.717, 1.165) is 6.42 Å². The lowest BCUT2D eigenvalue weighted by Crippen LogP contribution is -2.38. The average molecular weight is 403 g/mol. The fourth-order valence-electron chi connectivity index (χ4n) is 4.16. The summed E-state index contributed by atoms with van der Waals surface area (Å²) in [5, 5.41) is 4.38. The van der Waals surface area contributed by atoms with E-state index in [2.05, 4.69) is 5.10 Å². The minimum absolute atomic E-state index is 0.00627. The Kier molecular flexibility index (Phi) is 5.64. The summed E-state index contributed by atoms with van der Waals surface area (Å²) in [6.45, 7) is 5.62. The fraction of sp³-hybridized carbons (Fsp3) is 0.842. The molecule has 1 atom stereocenters. The van der Waals surface area contributed by atoms with Crippen molar-refractivity contribution in [1.82, 2.24) is 14.3 Å². The van der Waals surface area contributed by atoms with Crippen LogP contribution in [0.15, 0.2) is 4.79 Å². The molecule has 9 heteroatoms. The van der Waals surface area contributed by atoms with Gasteiger partial charge in [0.05, 0.1) is 5.92 Å². The van der Waals surface area contributed by atoms with Crippen molar-refractivity contribution in [3.8, 4) is 0 Å². The molecule has 6 nitrogen and oxygen atoms in total. The molecule has 0 saturated heterocycles. The molecule has 1 aliphatic carbocycles. The molecular formula is C19H28F3N3O3. The molecule has 0 bridgehead atoms. The maximum absolute atomic E-state index is 12.9. The first kappa shape index (κ1) is 20.9. The minimum atomic E-state index is -4.14. The normalized spacial score (nSPS) is 26.0. The van der Waals surface area contributed by atoms with Gasteiger partial charge in [0.1, 0.15) is 17.5 Å². The first-order valence-electron chi connectivity index (χ1n) is 9.93. The van der Waals surface area contributed by atoms with Crippen LogP contribution in [0.1, 0.15) is 71.2 Å². The van der Waals surface area contributed by atoms with E-state index in [1.807, 2.05) is 0 Å². The van der Waals surface area contributed by atoms with E-state index >= 15 is 0 Å². The number of hydrogen-bond acceptors (Lipinski definition) is 4. The van der Waals surface area contributed by atoms with Crippen molar-refractivity contribution in [2.75, 3.05) is 0 Å². The van der Waals surface area contributed by atoms with Crippen LogP contribution in [0.25, 0.3) is 0 Å². The molecular weight excluding hydrogens is 375 g/mol. The third-order valence-corrected chi connectivity index (χ3v) is 5.55. The smallest absolute Gasteiger partial charge is 0.391 e. The van der Waals surface area contributed by atoms with E-state index in [4.69, 9.17) is 4.74 Å². The monoisotopic (exact) mass is 403 g/mol. The lowest BCUT2D eigenvalue weighted by Gasteiger charge is -2.29. The van der Waals surface area contributed by atoms with Crippen molar-refractivity contribution in [3.63, 3.8) is 0 Å². The van der Waals surface area contributed by atoms with Crippen LogP contribution in [-0.2, 0) is 22.5 Å². The first-order valence-corrected chi connectivity index (χ1v) is 9.93. The summed E-state index contributed by atoms with van der Waals surface area (Å²) in [5.74, 6) is -1.14. The standard InChI is InChI=1S/C19H28F3N3O3/c1-18(2,3)28-16(26)14-5-4-6-15-23-24(17(27)25(14)15)11-12-7-9-13(10-8-12)19(20,21)22/h12-14H,4-11H2,1-3H3. The Morgan fingerprint density at radius 3 is 2.36 bits per heavy atom. The highest BCUT2D eigenvalue weighted by Gasteiger charge is 2.41. The molecule has 158 valence electrons. The molecule has 3 rings (SSSR count). The SMILES string of the molecule is CC(C)(C)OC(=O)C1CCCc2nn(CC3CCC(C(F)(F)F)CC3)c(=O)n21. The summed E-state index contributed by atoms with van der Waals surface area (Å²) in [6, 6.07) is -0.690. The van der Waals surface area contributed by atoms with Gasteiger partial charge in [-0.3, -0.25) is 4.57 Å². The summed E-state index contributed by atoms with van der Waals surface area (Å²) in [7, 11) is 0. The van der Waals surface area contributed by atoms with Crippen LogP contribution in [-0.4, -0.2) is 32.1 Å². The average Bonchev–Trinajstić information content (AvgIpc) is 2.89. The van der Waals surface area contributed by atoms with Crippen LogP contribution in [0.5, 0.6) is 0 Å². The lowest BCUT2D eigenvalue weighted by atomic mass is 9.81. The molecule has 0 N–H and O–H groups in total. The van der Waals surface area contributed by atoms with Crippen LogP contribution < -0.4 is 5.69 Å². The van der Waals surface area contributed by atoms with Crippen LogP contribution in [0.3, 0.4) is 0 Å². The Morgan fingerprint density at radius 2 is 1.79 bits per heavy atom. The van der Waals surface area contributed by atoms with E-state index in [-0.39, 0.29) is 24.4 Å². The molecule has 2 heterocycles. The summed E-state index contributed by atoms with van der Waals surface area (Å²) >= 11 is 0. The van der Waals surface area contributed by atoms with E-state index in [1.54, 1.807) is 20.8 Å². The van der Waals surface area contributed by atoms with Crippen molar-refractivity contribution in [3.05, 3.63) is 16.3 Å². The van der Waals surface area contributed by atoms with Crippen molar-refractivity contribution >= 4 is 5.97 Å². The number of ether oxygens (including phenoxy) is 1. The topological polar surface area (TPSA) is 66.1 Å². The number of esters is 1. The number of aryl methyl sites for hydroxylation is 1. The van der Waals surface area contributed by atoms with Crippen LogP contribution in [0.4, 0.5) is 13.2 Å². The zero-order valence-electron chi connectivity index (χ0n) is 16.6. The maximum atomic E-state index is 12.9. The molecule has 0 radical (unpaired) electrons. The van der Waals surface area contributed by atoms with Crippen LogP contribution in [0.2, 0.25) is 0 Å². The first-order chi connectivity index (χ1) is 13.0. The molecule has 1 aliphatic heterocycles. The van der Waals surface area contributed by atoms with Gasteiger partial charge >= 0.3 is 17.8 Å². The highest BCUT2D eigenvalue weighted by atomic mass is 19.4. The van der Waals surface area contributed by atoms with Crippen molar-refractivity contribution < 1.29 is 22.7 Å². The van der Waals surface area contributed by atoms with Crippen LogP contribution >= 0.6 is 0 Å². The van der Waals surface area contributed by atoms with Gasteiger partial charge in [0.2, 0.25) is 0 Å².